The highest BCUT2D eigenvalue weighted by atomic mass is 14.3. The minimum Gasteiger partial charge on any atom is -0.0625 e. The smallest absolute Gasteiger partial charge is 0.0157 e. The quantitative estimate of drug-likeness (QED) is 0.624. The van der Waals surface area contributed by atoms with E-state index in [1.165, 1.54) is 36.8 Å². The van der Waals surface area contributed by atoms with Crippen LogP contribution in [0.15, 0.2) is 18.2 Å². The Labute approximate surface area is 93.7 Å². The molecule has 0 N–H and O–H groups in total. The highest BCUT2D eigenvalue weighted by molar-refractivity contribution is 5.33. The number of rotatable bonds is 1. The SMILES string of the molecule is Cc1ccc(C2CCCC(C)C2)c(C)c1. The van der Waals surface area contributed by atoms with Crippen molar-refractivity contribution in [3.05, 3.63) is 34.9 Å². The Balaban J connectivity index is 2.21. The molecular weight excluding hydrogens is 180 g/mol. The van der Waals surface area contributed by atoms with Gasteiger partial charge in [0.2, 0.25) is 0 Å². The molecule has 15 heavy (non-hydrogen) atoms. The van der Waals surface area contributed by atoms with Gasteiger partial charge in [0.05, 0.1) is 0 Å². The van der Waals surface area contributed by atoms with Gasteiger partial charge in [-0.25, -0.2) is 0 Å². The van der Waals surface area contributed by atoms with Gasteiger partial charge in [-0.1, -0.05) is 43.5 Å². The molecule has 1 fully saturated rings. The summed E-state index contributed by atoms with van der Waals surface area (Å²) in [6, 6.07) is 6.95. The van der Waals surface area contributed by atoms with Crippen LogP contribution in [-0.2, 0) is 0 Å². The van der Waals surface area contributed by atoms with Crippen molar-refractivity contribution >= 4 is 0 Å². The van der Waals surface area contributed by atoms with E-state index in [4.69, 9.17) is 0 Å². The highest BCUT2D eigenvalue weighted by Gasteiger charge is 2.21. The maximum absolute atomic E-state index is 2.40. The average molecular weight is 202 g/mol. The van der Waals surface area contributed by atoms with Crippen molar-refractivity contribution in [2.75, 3.05) is 0 Å². The lowest BCUT2D eigenvalue weighted by atomic mass is 9.77. The van der Waals surface area contributed by atoms with Crippen LogP contribution in [0.4, 0.5) is 0 Å². The molecule has 0 heteroatoms. The molecule has 0 radical (unpaired) electrons. The molecule has 0 aliphatic heterocycles. The van der Waals surface area contributed by atoms with E-state index >= 15 is 0 Å². The normalized spacial score (nSPS) is 26.6. The fourth-order valence-electron chi connectivity index (χ4n) is 3.00. The second-order valence-electron chi connectivity index (χ2n) is 5.33. The average Bonchev–Trinajstić information content (AvgIpc) is 2.17. The van der Waals surface area contributed by atoms with Crippen LogP contribution in [0.25, 0.3) is 0 Å². The van der Waals surface area contributed by atoms with E-state index in [1.807, 2.05) is 0 Å². The first-order chi connectivity index (χ1) is 7.16. The number of aryl methyl sites for hydroxylation is 2. The molecule has 0 amide bonds. The van der Waals surface area contributed by atoms with E-state index in [1.54, 1.807) is 5.56 Å². The zero-order valence-electron chi connectivity index (χ0n) is 10.2. The summed E-state index contributed by atoms with van der Waals surface area (Å²) in [4.78, 5) is 0. The molecule has 2 atom stereocenters. The van der Waals surface area contributed by atoms with Gasteiger partial charge in [0, 0.05) is 0 Å². The third-order valence-corrected chi connectivity index (χ3v) is 3.80. The van der Waals surface area contributed by atoms with Gasteiger partial charge in [-0.2, -0.15) is 0 Å². The lowest BCUT2D eigenvalue weighted by Crippen LogP contribution is -2.12. The summed E-state index contributed by atoms with van der Waals surface area (Å²) < 4.78 is 0. The number of hydrogen-bond acceptors (Lipinski definition) is 0. The van der Waals surface area contributed by atoms with Crippen molar-refractivity contribution in [1.29, 1.82) is 0 Å². The van der Waals surface area contributed by atoms with Gasteiger partial charge in [0.25, 0.3) is 0 Å². The van der Waals surface area contributed by atoms with Crippen LogP contribution in [-0.4, -0.2) is 0 Å². The van der Waals surface area contributed by atoms with Crippen molar-refractivity contribution in [1.82, 2.24) is 0 Å². The molecule has 0 spiro atoms. The molecule has 1 aliphatic carbocycles. The molecule has 82 valence electrons. The van der Waals surface area contributed by atoms with E-state index < -0.39 is 0 Å². The van der Waals surface area contributed by atoms with Gasteiger partial charge in [-0.3, -0.25) is 0 Å². The topological polar surface area (TPSA) is 0 Å². The number of hydrogen-bond donors (Lipinski definition) is 0. The predicted octanol–water partition coefficient (Wildman–Crippen LogP) is 4.60. The molecule has 0 aromatic heterocycles. The molecule has 0 heterocycles. The maximum Gasteiger partial charge on any atom is -0.0157 e. The summed E-state index contributed by atoms with van der Waals surface area (Å²) in [6.07, 6.45) is 5.64. The Morgan fingerprint density at radius 3 is 2.60 bits per heavy atom. The van der Waals surface area contributed by atoms with Crippen LogP contribution in [0.1, 0.15) is 55.2 Å². The first kappa shape index (κ1) is 10.7. The molecule has 1 aromatic carbocycles. The third-order valence-electron chi connectivity index (χ3n) is 3.80. The van der Waals surface area contributed by atoms with Crippen LogP contribution in [0.5, 0.6) is 0 Å². The predicted molar refractivity (Wildman–Crippen MR) is 66.3 cm³/mol. The Morgan fingerprint density at radius 2 is 1.93 bits per heavy atom. The second kappa shape index (κ2) is 4.38. The minimum atomic E-state index is 0.828. The van der Waals surface area contributed by atoms with E-state index in [-0.39, 0.29) is 0 Å². The third kappa shape index (κ3) is 2.42. The Morgan fingerprint density at radius 1 is 1.13 bits per heavy atom. The molecule has 1 aliphatic rings. The Bertz CT molecular complexity index is 338. The van der Waals surface area contributed by atoms with E-state index in [0.717, 1.165) is 11.8 Å². The zero-order chi connectivity index (χ0) is 10.8. The molecule has 0 nitrogen and oxygen atoms in total. The summed E-state index contributed by atoms with van der Waals surface area (Å²) in [5.74, 6) is 1.75. The van der Waals surface area contributed by atoms with Crippen LogP contribution < -0.4 is 0 Å². The minimum absolute atomic E-state index is 0.828. The first-order valence-corrected chi connectivity index (χ1v) is 6.24. The van der Waals surface area contributed by atoms with Crippen molar-refractivity contribution in [2.24, 2.45) is 5.92 Å². The fourth-order valence-corrected chi connectivity index (χ4v) is 3.00. The van der Waals surface area contributed by atoms with Crippen LogP contribution in [0.3, 0.4) is 0 Å². The summed E-state index contributed by atoms with van der Waals surface area (Å²) in [6.45, 7) is 6.84. The van der Waals surface area contributed by atoms with Crippen LogP contribution in [0, 0.1) is 19.8 Å². The zero-order valence-corrected chi connectivity index (χ0v) is 10.2. The molecule has 0 saturated heterocycles. The highest BCUT2D eigenvalue weighted by Crippen LogP contribution is 2.37. The lowest BCUT2D eigenvalue weighted by Gasteiger charge is -2.28. The van der Waals surface area contributed by atoms with Gasteiger partial charge >= 0.3 is 0 Å². The summed E-state index contributed by atoms with van der Waals surface area (Å²) in [5, 5.41) is 0. The fraction of sp³-hybridized carbons (Fsp3) is 0.600. The molecule has 0 bridgehead atoms. The van der Waals surface area contributed by atoms with Gasteiger partial charge in [-0.15, -0.1) is 0 Å². The monoisotopic (exact) mass is 202 g/mol. The summed E-state index contributed by atoms with van der Waals surface area (Å²) >= 11 is 0. The largest absolute Gasteiger partial charge is 0.0625 e. The second-order valence-corrected chi connectivity index (χ2v) is 5.33. The van der Waals surface area contributed by atoms with E-state index in [0.29, 0.717) is 0 Å². The molecule has 1 aromatic rings. The van der Waals surface area contributed by atoms with Crippen LogP contribution >= 0.6 is 0 Å². The van der Waals surface area contributed by atoms with Crippen molar-refractivity contribution in [3.8, 4) is 0 Å². The molecule has 2 rings (SSSR count). The Kier molecular flexibility index (Phi) is 3.14. The summed E-state index contributed by atoms with van der Waals surface area (Å²) in [7, 11) is 0. The number of benzene rings is 1. The summed E-state index contributed by atoms with van der Waals surface area (Å²) in [5.41, 5.74) is 4.49. The van der Waals surface area contributed by atoms with E-state index in [9.17, 15) is 0 Å². The lowest BCUT2D eigenvalue weighted by molar-refractivity contribution is 0.343. The Hall–Kier alpha value is -0.780. The van der Waals surface area contributed by atoms with Gasteiger partial charge in [0.15, 0.2) is 0 Å². The van der Waals surface area contributed by atoms with Crippen molar-refractivity contribution in [2.45, 2.75) is 52.4 Å². The van der Waals surface area contributed by atoms with Crippen molar-refractivity contribution in [3.63, 3.8) is 0 Å². The van der Waals surface area contributed by atoms with Gasteiger partial charge in [0.1, 0.15) is 0 Å². The van der Waals surface area contributed by atoms with Gasteiger partial charge < -0.3 is 0 Å². The molecule has 2 unspecified atom stereocenters. The standard InChI is InChI=1S/C15H22/c1-11-5-4-6-14(10-11)15-8-7-12(2)9-13(15)3/h7-9,11,14H,4-6,10H2,1-3H3. The van der Waals surface area contributed by atoms with Gasteiger partial charge in [-0.05, 0) is 49.7 Å². The van der Waals surface area contributed by atoms with Crippen molar-refractivity contribution < 1.29 is 0 Å². The van der Waals surface area contributed by atoms with E-state index in [2.05, 4.69) is 39.0 Å². The molecule has 1 saturated carbocycles. The molecular formula is C15H22. The maximum atomic E-state index is 2.40. The van der Waals surface area contributed by atoms with Crippen LogP contribution in [0.2, 0.25) is 0 Å². The first-order valence-electron chi connectivity index (χ1n) is 6.24.